The molecule has 0 spiro atoms. The maximum atomic E-state index is 11.7. The van der Waals surface area contributed by atoms with Crippen LogP contribution in [0.4, 0.5) is 0 Å². The summed E-state index contributed by atoms with van der Waals surface area (Å²) in [6.07, 6.45) is 1.24. The molecule has 1 heterocycles. The van der Waals surface area contributed by atoms with Gasteiger partial charge in [-0.3, -0.25) is 18.7 Å². The quantitative estimate of drug-likeness (QED) is 0.641. The zero-order valence-electron chi connectivity index (χ0n) is 8.84. The van der Waals surface area contributed by atoms with Crippen LogP contribution in [-0.2, 0) is 17.9 Å². The summed E-state index contributed by atoms with van der Waals surface area (Å²) in [6, 6.07) is 0. The van der Waals surface area contributed by atoms with Crippen LogP contribution in [-0.4, -0.2) is 26.8 Å². The number of nitrogens with zero attached hydrogens (tertiary/aromatic N) is 2. The van der Waals surface area contributed by atoms with Crippen molar-refractivity contribution in [2.75, 3.05) is 6.54 Å². The summed E-state index contributed by atoms with van der Waals surface area (Å²) in [5, 5.41) is 8.60. The second-order valence-electron chi connectivity index (χ2n) is 3.36. The first-order valence-corrected chi connectivity index (χ1v) is 4.70. The third-order valence-corrected chi connectivity index (χ3v) is 2.07. The SMILES string of the molecule is Cc1cn(CC(=O)O)c(=O)n(CCN)c1=O. The standard InChI is InChI=1S/C9H13N3O4/c1-6-4-11(5-7(13)14)9(16)12(3-2-10)8(6)15/h4H,2-3,5,10H2,1H3,(H,13,14). The van der Waals surface area contributed by atoms with Gasteiger partial charge in [0, 0.05) is 24.8 Å². The van der Waals surface area contributed by atoms with E-state index in [2.05, 4.69) is 0 Å². The Morgan fingerprint density at radius 1 is 1.50 bits per heavy atom. The van der Waals surface area contributed by atoms with E-state index < -0.39 is 23.8 Å². The predicted octanol–water partition coefficient (Wildman–Crippen LogP) is -1.64. The van der Waals surface area contributed by atoms with Crippen LogP contribution in [0.2, 0.25) is 0 Å². The van der Waals surface area contributed by atoms with Gasteiger partial charge in [0.2, 0.25) is 0 Å². The fourth-order valence-corrected chi connectivity index (χ4v) is 1.38. The van der Waals surface area contributed by atoms with Crippen molar-refractivity contribution in [3.8, 4) is 0 Å². The van der Waals surface area contributed by atoms with Crippen LogP contribution in [0.15, 0.2) is 15.8 Å². The normalized spacial score (nSPS) is 10.4. The fraction of sp³-hybridized carbons (Fsp3) is 0.444. The van der Waals surface area contributed by atoms with Gasteiger partial charge in [0.05, 0.1) is 0 Å². The summed E-state index contributed by atoms with van der Waals surface area (Å²) in [6.45, 7) is 1.28. The van der Waals surface area contributed by atoms with E-state index in [4.69, 9.17) is 10.8 Å². The first kappa shape index (κ1) is 12.2. The summed E-state index contributed by atoms with van der Waals surface area (Å²) in [5.74, 6) is -1.14. The Balaban J connectivity index is 3.38. The third kappa shape index (κ3) is 2.37. The molecule has 1 rings (SSSR count). The summed E-state index contributed by atoms with van der Waals surface area (Å²) in [4.78, 5) is 33.8. The van der Waals surface area contributed by atoms with Gasteiger partial charge in [-0.05, 0) is 6.92 Å². The van der Waals surface area contributed by atoms with Gasteiger partial charge < -0.3 is 10.8 Å². The molecular weight excluding hydrogens is 214 g/mol. The van der Waals surface area contributed by atoms with Crippen LogP contribution in [0.1, 0.15) is 5.56 Å². The van der Waals surface area contributed by atoms with Gasteiger partial charge in [-0.15, -0.1) is 0 Å². The zero-order valence-corrected chi connectivity index (χ0v) is 8.84. The van der Waals surface area contributed by atoms with Crippen LogP contribution in [0, 0.1) is 6.92 Å². The molecule has 3 N–H and O–H groups in total. The fourth-order valence-electron chi connectivity index (χ4n) is 1.38. The molecule has 0 saturated carbocycles. The lowest BCUT2D eigenvalue weighted by molar-refractivity contribution is -0.137. The second kappa shape index (κ2) is 4.75. The summed E-state index contributed by atoms with van der Waals surface area (Å²) >= 11 is 0. The van der Waals surface area contributed by atoms with E-state index in [-0.39, 0.29) is 13.1 Å². The molecule has 0 aliphatic heterocycles. The molecule has 0 fully saturated rings. The first-order chi connectivity index (χ1) is 7.47. The number of carboxylic acids is 1. The highest BCUT2D eigenvalue weighted by molar-refractivity contribution is 5.66. The molecule has 0 aromatic carbocycles. The Morgan fingerprint density at radius 2 is 2.12 bits per heavy atom. The Kier molecular flexibility index (Phi) is 3.62. The van der Waals surface area contributed by atoms with E-state index in [1.165, 1.54) is 13.1 Å². The lowest BCUT2D eigenvalue weighted by atomic mass is 10.3. The van der Waals surface area contributed by atoms with Gasteiger partial charge >= 0.3 is 11.7 Å². The van der Waals surface area contributed by atoms with Crippen LogP contribution >= 0.6 is 0 Å². The Bertz CT molecular complexity index is 514. The number of carbonyl (C=O) groups is 1. The summed E-state index contributed by atoms with van der Waals surface area (Å²) in [7, 11) is 0. The highest BCUT2D eigenvalue weighted by atomic mass is 16.4. The maximum absolute atomic E-state index is 11.7. The van der Waals surface area contributed by atoms with E-state index in [0.717, 1.165) is 9.13 Å². The number of rotatable bonds is 4. The number of nitrogens with two attached hydrogens (primary N) is 1. The lowest BCUT2D eigenvalue weighted by Crippen LogP contribution is -2.42. The van der Waals surface area contributed by atoms with Crippen LogP contribution < -0.4 is 17.0 Å². The van der Waals surface area contributed by atoms with E-state index >= 15 is 0 Å². The molecule has 7 nitrogen and oxygen atoms in total. The molecule has 0 saturated heterocycles. The van der Waals surface area contributed by atoms with E-state index in [1.807, 2.05) is 0 Å². The van der Waals surface area contributed by atoms with E-state index in [9.17, 15) is 14.4 Å². The number of hydrogen-bond acceptors (Lipinski definition) is 4. The molecule has 0 radical (unpaired) electrons. The van der Waals surface area contributed by atoms with Gasteiger partial charge in [0.1, 0.15) is 6.54 Å². The molecule has 1 aromatic heterocycles. The van der Waals surface area contributed by atoms with Crippen molar-refractivity contribution in [3.63, 3.8) is 0 Å². The first-order valence-electron chi connectivity index (χ1n) is 4.70. The summed E-state index contributed by atoms with van der Waals surface area (Å²) in [5.41, 5.74) is 4.51. The van der Waals surface area contributed by atoms with Crippen molar-refractivity contribution in [3.05, 3.63) is 32.6 Å². The summed E-state index contributed by atoms with van der Waals surface area (Å²) < 4.78 is 1.92. The Labute approximate surface area is 90.7 Å². The van der Waals surface area contributed by atoms with Crippen molar-refractivity contribution in [1.82, 2.24) is 9.13 Å². The minimum atomic E-state index is -1.14. The number of aromatic nitrogens is 2. The van der Waals surface area contributed by atoms with Crippen LogP contribution in [0.5, 0.6) is 0 Å². The van der Waals surface area contributed by atoms with Gasteiger partial charge in [-0.1, -0.05) is 0 Å². The van der Waals surface area contributed by atoms with E-state index in [1.54, 1.807) is 0 Å². The average molecular weight is 227 g/mol. The predicted molar refractivity (Wildman–Crippen MR) is 56.4 cm³/mol. The monoisotopic (exact) mass is 227 g/mol. The van der Waals surface area contributed by atoms with Gasteiger partial charge in [-0.25, -0.2) is 4.79 Å². The molecule has 1 aromatic rings. The molecule has 0 amide bonds. The third-order valence-electron chi connectivity index (χ3n) is 2.07. The molecule has 88 valence electrons. The number of aliphatic carboxylic acids is 1. The number of carboxylic acid groups (broad SMARTS) is 1. The molecule has 0 bridgehead atoms. The highest BCUT2D eigenvalue weighted by Gasteiger charge is 2.09. The Morgan fingerprint density at radius 3 is 2.62 bits per heavy atom. The van der Waals surface area contributed by atoms with Gasteiger partial charge in [0.15, 0.2) is 0 Å². The minimum absolute atomic E-state index is 0.0823. The van der Waals surface area contributed by atoms with E-state index in [0.29, 0.717) is 5.56 Å². The average Bonchev–Trinajstić information content (AvgIpc) is 2.20. The zero-order chi connectivity index (χ0) is 12.3. The minimum Gasteiger partial charge on any atom is -0.480 e. The van der Waals surface area contributed by atoms with Crippen molar-refractivity contribution >= 4 is 5.97 Å². The van der Waals surface area contributed by atoms with Crippen molar-refractivity contribution in [2.24, 2.45) is 5.73 Å². The van der Waals surface area contributed by atoms with Gasteiger partial charge in [-0.2, -0.15) is 0 Å². The van der Waals surface area contributed by atoms with Crippen molar-refractivity contribution < 1.29 is 9.90 Å². The largest absolute Gasteiger partial charge is 0.480 e. The van der Waals surface area contributed by atoms with Crippen molar-refractivity contribution in [2.45, 2.75) is 20.0 Å². The smallest absolute Gasteiger partial charge is 0.331 e. The molecule has 0 atom stereocenters. The lowest BCUT2D eigenvalue weighted by Gasteiger charge is -2.08. The maximum Gasteiger partial charge on any atom is 0.331 e. The van der Waals surface area contributed by atoms with Crippen LogP contribution in [0.3, 0.4) is 0 Å². The molecule has 16 heavy (non-hydrogen) atoms. The number of aryl methyl sites for hydroxylation is 1. The molecule has 0 aliphatic carbocycles. The Hall–Kier alpha value is -1.89. The van der Waals surface area contributed by atoms with Crippen molar-refractivity contribution in [1.29, 1.82) is 0 Å². The topological polar surface area (TPSA) is 107 Å². The molecule has 7 heteroatoms. The molecule has 0 unspecified atom stereocenters. The number of hydrogen-bond donors (Lipinski definition) is 2. The van der Waals surface area contributed by atoms with Crippen LogP contribution in [0.25, 0.3) is 0 Å². The molecular formula is C9H13N3O4. The highest BCUT2D eigenvalue weighted by Crippen LogP contribution is 1.87. The van der Waals surface area contributed by atoms with Gasteiger partial charge in [0.25, 0.3) is 5.56 Å². The molecule has 0 aliphatic rings. The second-order valence-corrected chi connectivity index (χ2v) is 3.36.